The van der Waals surface area contributed by atoms with E-state index in [0.29, 0.717) is 6.54 Å². The molecule has 1 aromatic carbocycles. The van der Waals surface area contributed by atoms with Crippen LogP contribution >= 0.6 is 0 Å². The second kappa shape index (κ2) is 6.04. The lowest BCUT2D eigenvalue weighted by Gasteiger charge is -2.38. The Kier molecular flexibility index (Phi) is 4.40. The lowest BCUT2D eigenvalue weighted by atomic mass is 9.98. The van der Waals surface area contributed by atoms with E-state index in [1.54, 1.807) is 6.07 Å². The van der Waals surface area contributed by atoms with Gasteiger partial charge in [0.2, 0.25) is 0 Å². The van der Waals surface area contributed by atoms with E-state index < -0.39 is 0 Å². The standard InChI is InChI=1S/C15H21FN2O/c1-11-5-3-6-12(2)18(11)15(19)17-10-13-7-4-8-14(16)9-13/h4,7-9,11-12H,3,5-6,10H2,1-2H3,(H,17,19). The van der Waals surface area contributed by atoms with Crippen LogP contribution in [0.1, 0.15) is 38.7 Å². The number of nitrogens with zero attached hydrogens (tertiary/aromatic N) is 1. The third-order valence-electron chi connectivity index (χ3n) is 3.76. The molecule has 0 radical (unpaired) electrons. The van der Waals surface area contributed by atoms with Crippen molar-refractivity contribution in [2.24, 2.45) is 0 Å². The van der Waals surface area contributed by atoms with Crippen LogP contribution in [0.4, 0.5) is 9.18 Å². The highest BCUT2D eigenvalue weighted by Gasteiger charge is 2.28. The fourth-order valence-corrected chi connectivity index (χ4v) is 2.74. The Morgan fingerprint density at radius 1 is 1.37 bits per heavy atom. The van der Waals surface area contributed by atoms with E-state index >= 15 is 0 Å². The van der Waals surface area contributed by atoms with Gasteiger partial charge < -0.3 is 10.2 Å². The van der Waals surface area contributed by atoms with Crippen molar-refractivity contribution in [3.8, 4) is 0 Å². The van der Waals surface area contributed by atoms with Gasteiger partial charge in [-0.05, 0) is 50.8 Å². The number of likely N-dealkylation sites (tertiary alicyclic amines) is 1. The summed E-state index contributed by atoms with van der Waals surface area (Å²) in [5.74, 6) is -0.272. The molecule has 0 bridgehead atoms. The quantitative estimate of drug-likeness (QED) is 0.873. The van der Waals surface area contributed by atoms with Gasteiger partial charge in [0, 0.05) is 18.6 Å². The number of hydrogen-bond acceptors (Lipinski definition) is 1. The second-order valence-electron chi connectivity index (χ2n) is 5.32. The Morgan fingerprint density at radius 3 is 2.68 bits per heavy atom. The van der Waals surface area contributed by atoms with Gasteiger partial charge in [-0.2, -0.15) is 0 Å². The molecular formula is C15H21FN2O. The third-order valence-corrected chi connectivity index (χ3v) is 3.76. The van der Waals surface area contributed by atoms with E-state index in [1.165, 1.54) is 18.6 Å². The fraction of sp³-hybridized carbons (Fsp3) is 0.533. The maximum absolute atomic E-state index is 13.0. The van der Waals surface area contributed by atoms with Gasteiger partial charge in [-0.15, -0.1) is 0 Å². The fourth-order valence-electron chi connectivity index (χ4n) is 2.74. The summed E-state index contributed by atoms with van der Waals surface area (Å²) < 4.78 is 13.0. The zero-order valence-electron chi connectivity index (χ0n) is 11.5. The first-order chi connectivity index (χ1) is 9.08. The summed E-state index contributed by atoms with van der Waals surface area (Å²) >= 11 is 0. The molecule has 1 fully saturated rings. The van der Waals surface area contributed by atoms with Gasteiger partial charge in [0.05, 0.1) is 0 Å². The molecule has 0 saturated carbocycles. The molecule has 0 aliphatic carbocycles. The lowest BCUT2D eigenvalue weighted by Crippen LogP contribution is -2.51. The van der Waals surface area contributed by atoms with Crippen molar-refractivity contribution in [2.75, 3.05) is 0 Å². The van der Waals surface area contributed by atoms with E-state index in [2.05, 4.69) is 19.2 Å². The summed E-state index contributed by atoms with van der Waals surface area (Å²) in [6.07, 6.45) is 3.28. The molecule has 19 heavy (non-hydrogen) atoms. The van der Waals surface area contributed by atoms with Crippen molar-refractivity contribution in [1.29, 1.82) is 0 Å². The average molecular weight is 264 g/mol. The van der Waals surface area contributed by atoms with Crippen LogP contribution in [0.25, 0.3) is 0 Å². The maximum Gasteiger partial charge on any atom is 0.318 e. The highest BCUT2D eigenvalue weighted by molar-refractivity contribution is 5.75. The molecule has 3 nitrogen and oxygen atoms in total. The first kappa shape index (κ1) is 13.8. The molecule has 0 spiro atoms. The summed E-state index contributed by atoms with van der Waals surface area (Å²) in [5.41, 5.74) is 0.783. The predicted octanol–water partition coefficient (Wildman–Crippen LogP) is 3.30. The van der Waals surface area contributed by atoms with Gasteiger partial charge in [0.15, 0.2) is 0 Å². The molecule has 1 aliphatic heterocycles. The zero-order chi connectivity index (χ0) is 13.8. The number of carbonyl (C=O) groups excluding carboxylic acids is 1. The van der Waals surface area contributed by atoms with Crippen LogP contribution in [0.15, 0.2) is 24.3 Å². The number of urea groups is 1. The molecule has 1 aliphatic rings. The Morgan fingerprint density at radius 2 is 2.05 bits per heavy atom. The minimum atomic E-state index is -0.272. The van der Waals surface area contributed by atoms with Gasteiger partial charge in [-0.25, -0.2) is 9.18 Å². The number of amides is 2. The van der Waals surface area contributed by atoms with Crippen molar-refractivity contribution in [3.63, 3.8) is 0 Å². The van der Waals surface area contributed by atoms with E-state index in [4.69, 9.17) is 0 Å². The van der Waals surface area contributed by atoms with Crippen molar-refractivity contribution in [1.82, 2.24) is 10.2 Å². The molecule has 2 atom stereocenters. The molecule has 1 saturated heterocycles. The Balaban J connectivity index is 1.93. The van der Waals surface area contributed by atoms with Crippen LogP contribution < -0.4 is 5.32 Å². The summed E-state index contributed by atoms with van der Waals surface area (Å²) in [4.78, 5) is 14.1. The van der Waals surface area contributed by atoms with E-state index in [9.17, 15) is 9.18 Å². The second-order valence-corrected chi connectivity index (χ2v) is 5.32. The molecule has 2 rings (SSSR count). The van der Waals surface area contributed by atoms with Crippen LogP contribution in [-0.4, -0.2) is 23.0 Å². The number of halogens is 1. The van der Waals surface area contributed by atoms with Crippen LogP contribution in [0.3, 0.4) is 0 Å². The largest absolute Gasteiger partial charge is 0.334 e. The van der Waals surface area contributed by atoms with Crippen molar-refractivity contribution in [3.05, 3.63) is 35.6 Å². The molecule has 1 heterocycles. The predicted molar refractivity (Wildman–Crippen MR) is 73.2 cm³/mol. The highest BCUT2D eigenvalue weighted by Crippen LogP contribution is 2.22. The maximum atomic E-state index is 13.0. The topological polar surface area (TPSA) is 32.3 Å². The molecular weight excluding hydrogens is 243 g/mol. The van der Waals surface area contributed by atoms with Gasteiger partial charge >= 0.3 is 6.03 Å². The van der Waals surface area contributed by atoms with Gasteiger partial charge in [-0.3, -0.25) is 0 Å². The van der Waals surface area contributed by atoms with Crippen LogP contribution in [0.2, 0.25) is 0 Å². The smallest absolute Gasteiger partial charge is 0.318 e. The number of piperidine rings is 1. The first-order valence-corrected chi connectivity index (χ1v) is 6.88. The van der Waals surface area contributed by atoms with Gasteiger partial charge in [0.1, 0.15) is 5.82 Å². The number of nitrogens with one attached hydrogen (secondary N) is 1. The molecule has 0 aromatic heterocycles. The normalized spacial score (nSPS) is 23.2. The van der Waals surface area contributed by atoms with E-state index in [-0.39, 0.29) is 23.9 Å². The van der Waals surface area contributed by atoms with E-state index in [1.807, 2.05) is 11.0 Å². The Bertz CT molecular complexity index is 440. The summed E-state index contributed by atoms with van der Waals surface area (Å²) in [6, 6.07) is 6.82. The lowest BCUT2D eigenvalue weighted by molar-refractivity contribution is 0.123. The highest BCUT2D eigenvalue weighted by atomic mass is 19.1. The summed E-state index contributed by atoms with van der Waals surface area (Å²) in [7, 11) is 0. The molecule has 1 N–H and O–H groups in total. The molecule has 1 aromatic rings. The minimum absolute atomic E-state index is 0.0519. The summed E-state index contributed by atoms with van der Waals surface area (Å²) in [5, 5.41) is 2.88. The number of carbonyl (C=O) groups is 1. The van der Waals surface area contributed by atoms with Crippen LogP contribution in [0, 0.1) is 5.82 Å². The third kappa shape index (κ3) is 3.46. The molecule has 104 valence electrons. The Hall–Kier alpha value is -1.58. The number of benzene rings is 1. The van der Waals surface area contributed by atoms with Crippen LogP contribution in [0.5, 0.6) is 0 Å². The number of rotatable bonds is 2. The zero-order valence-corrected chi connectivity index (χ0v) is 11.5. The first-order valence-electron chi connectivity index (χ1n) is 6.88. The van der Waals surface area contributed by atoms with Crippen molar-refractivity contribution < 1.29 is 9.18 Å². The Labute approximate surface area is 113 Å². The summed E-state index contributed by atoms with van der Waals surface area (Å²) in [6.45, 7) is 4.53. The van der Waals surface area contributed by atoms with Crippen LogP contribution in [-0.2, 0) is 6.54 Å². The minimum Gasteiger partial charge on any atom is -0.334 e. The molecule has 4 heteroatoms. The van der Waals surface area contributed by atoms with Crippen molar-refractivity contribution in [2.45, 2.75) is 51.7 Å². The molecule has 2 amide bonds. The average Bonchev–Trinajstić information content (AvgIpc) is 2.36. The number of hydrogen-bond donors (Lipinski definition) is 1. The van der Waals surface area contributed by atoms with Gasteiger partial charge in [0.25, 0.3) is 0 Å². The van der Waals surface area contributed by atoms with Crippen molar-refractivity contribution >= 4 is 6.03 Å². The SMILES string of the molecule is CC1CCCC(C)N1C(=O)NCc1cccc(F)c1. The van der Waals surface area contributed by atoms with Gasteiger partial charge in [-0.1, -0.05) is 12.1 Å². The van der Waals surface area contributed by atoms with E-state index in [0.717, 1.165) is 18.4 Å². The molecule has 2 unspecified atom stereocenters. The monoisotopic (exact) mass is 264 g/mol.